The number of thiophene rings is 1. The monoisotopic (exact) mass is 570 g/mol. The molecule has 2 aliphatic rings. The van der Waals surface area contributed by atoms with E-state index in [-0.39, 0.29) is 5.41 Å². The van der Waals surface area contributed by atoms with Gasteiger partial charge in [-0.3, -0.25) is 0 Å². The second-order valence-corrected chi connectivity index (χ2v) is 13.1. The van der Waals surface area contributed by atoms with Gasteiger partial charge in [0, 0.05) is 26.6 Å². The van der Waals surface area contributed by atoms with E-state index >= 15 is 0 Å². The first kappa shape index (κ1) is 24.9. The number of benzene rings is 5. The van der Waals surface area contributed by atoms with E-state index < -0.39 is 0 Å². The van der Waals surface area contributed by atoms with Crippen LogP contribution in [0.15, 0.2) is 121 Å². The van der Waals surface area contributed by atoms with Crippen molar-refractivity contribution < 1.29 is 0 Å². The molecule has 2 aromatic heterocycles. The predicted molar refractivity (Wildman–Crippen MR) is 181 cm³/mol. The van der Waals surface area contributed by atoms with E-state index in [9.17, 15) is 0 Å². The molecule has 0 atom stereocenters. The SMILES string of the molecule is c1ccc(-c2nc(-c3ccc(-c4ccc5c(c4)-c4ccccc4C54CCCCC4)cc3)nc3c2sc2ccccc23)cc1. The summed E-state index contributed by atoms with van der Waals surface area (Å²) in [7, 11) is 0. The summed E-state index contributed by atoms with van der Waals surface area (Å²) in [6.07, 6.45) is 6.52. The largest absolute Gasteiger partial charge is 0.226 e. The van der Waals surface area contributed by atoms with Crippen molar-refractivity contribution in [2.45, 2.75) is 37.5 Å². The normalized spacial score (nSPS) is 15.2. The van der Waals surface area contributed by atoms with Gasteiger partial charge in [0.05, 0.1) is 15.9 Å². The van der Waals surface area contributed by atoms with Crippen LogP contribution >= 0.6 is 11.3 Å². The van der Waals surface area contributed by atoms with Gasteiger partial charge < -0.3 is 0 Å². The summed E-state index contributed by atoms with van der Waals surface area (Å²) in [6, 6.07) is 44.2. The van der Waals surface area contributed by atoms with Crippen LogP contribution in [0.25, 0.3) is 65.2 Å². The van der Waals surface area contributed by atoms with E-state index in [1.807, 2.05) is 0 Å². The first-order chi connectivity index (χ1) is 21.3. The van der Waals surface area contributed by atoms with Crippen molar-refractivity contribution in [2.75, 3.05) is 0 Å². The van der Waals surface area contributed by atoms with E-state index in [1.165, 1.54) is 70.0 Å². The van der Waals surface area contributed by atoms with Crippen molar-refractivity contribution in [3.8, 4) is 44.9 Å². The van der Waals surface area contributed by atoms with Gasteiger partial charge in [-0.2, -0.15) is 0 Å². The van der Waals surface area contributed by atoms with Gasteiger partial charge in [0.2, 0.25) is 0 Å². The molecular weight excluding hydrogens is 541 g/mol. The van der Waals surface area contributed by atoms with Crippen LogP contribution in [0.5, 0.6) is 0 Å². The molecule has 0 aliphatic heterocycles. The lowest BCUT2D eigenvalue weighted by molar-refractivity contribution is 0.353. The average Bonchev–Trinajstić information content (AvgIpc) is 3.58. The van der Waals surface area contributed by atoms with Gasteiger partial charge in [-0.1, -0.05) is 128 Å². The molecule has 1 saturated carbocycles. The van der Waals surface area contributed by atoms with Gasteiger partial charge in [0.15, 0.2) is 5.82 Å². The highest BCUT2D eigenvalue weighted by Crippen LogP contribution is 2.56. The van der Waals surface area contributed by atoms with E-state index in [0.29, 0.717) is 0 Å². The molecule has 0 radical (unpaired) electrons. The Morgan fingerprint density at radius 1 is 0.535 bits per heavy atom. The Bertz CT molecular complexity index is 2150. The highest BCUT2D eigenvalue weighted by molar-refractivity contribution is 7.26. The van der Waals surface area contributed by atoms with Crippen LogP contribution in [-0.2, 0) is 5.41 Å². The molecule has 0 amide bonds. The van der Waals surface area contributed by atoms with Crippen LogP contribution in [0.1, 0.15) is 43.2 Å². The van der Waals surface area contributed by atoms with Crippen molar-refractivity contribution in [2.24, 2.45) is 0 Å². The molecule has 43 heavy (non-hydrogen) atoms. The van der Waals surface area contributed by atoms with Crippen molar-refractivity contribution in [3.63, 3.8) is 0 Å². The lowest BCUT2D eigenvalue weighted by Gasteiger charge is -2.36. The van der Waals surface area contributed by atoms with Gasteiger partial charge in [0.1, 0.15) is 0 Å². The highest BCUT2D eigenvalue weighted by atomic mass is 32.1. The molecule has 206 valence electrons. The third kappa shape index (κ3) is 3.85. The Morgan fingerprint density at radius 2 is 1.23 bits per heavy atom. The summed E-state index contributed by atoms with van der Waals surface area (Å²) in [5, 5.41) is 1.19. The zero-order chi connectivity index (χ0) is 28.4. The second-order valence-electron chi connectivity index (χ2n) is 12.1. The molecule has 3 heteroatoms. The minimum Gasteiger partial charge on any atom is -0.226 e. The van der Waals surface area contributed by atoms with Crippen molar-refractivity contribution in [3.05, 3.63) is 132 Å². The summed E-state index contributed by atoms with van der Waals surface area (Å²) in [5.74, 6) is 0.767. The Hall–Kier alpha value is -4.60. The molecule has 0 N–H and O–H groups in total. The quantitative estimate of drug-likeness (QED) is 0.211. The van der Waals surface area contributed by atoms with Crippen LogP contribution in [0.3, 0.4) is 0 Å². The van der Waals surface area contributed by atoms with Gasteiger partial charge in [-0.15, -0.1) is 11.3 Å². The summed E-state index contributed by atoms with van der Waals surface area (Å²) < 4.78 is 2.38. The molecule has 1 fully saturated rings. The van der Waals surface area contributed by atoms with Gasteiger partial charge >= 0.3 is 0 Å². The molecule has 1 spiro atoms. The molecule has 0 saturated heterocycles. The van der Waals surface area contributed by atoms with Crippen molar-refractivity contribution >= 4 is 31.6 Å². The smallest absolute Gasteiger partial charge is 0.160 e. The van der Waals surface area contributed by atoms with Gasteiger partial charge in [-0.05, 0) is 58.4 Å². The maximum Gasteiger partial charge on any atom is 0.160 e. The first-order valence-corrected chi connectivity index (χ1v) is 16.2. The topological polar surface area (TPSA) is 25.8 Å². The summed E-state index contributed by atoms with van der Waals surface area (Å²) in [4.78, 5) is 10.3. The van der Waals surface area contributed by atoms with E-state index in [1.54, 1.807) is 16.9 Å². The number of fused-ring (bicyclic) bond motifs is 8. The van der Waals surface area contributed by atoms with E-state index in [2.05, 4.69) is 121 Å². The third-order valence-corrected chi connectivity index (χ3v) is 10.9. The molecule has 2 heterocycles. The molecule has 2 nitrogen and oxygen atoms in total. The summed E-state index contributed by atoms with van der Waals surface area (Å²) in [5.41, 5.74) is 12.8. The lowest BCUT2D eigenvalue weighted by Crippen LogP contribution is -2.27. The second kappa shape index (κ2) is 9.72. The highest BCUT2D eigenvalue weighted by Gasteiger charge is 2.43. The third-order valence-electron chi connectivity index (χ3n) is 9.72. The summed E-state index contributed by atoms with van der Waals surface area (Å²) in [6.45, 7) is 0. The molecule has 5 aromatic carbocycles. The Kier molecular flexibility index (Phi) is 5.64. The maximum absolute atomic E-state index is 5.16. The fourth-order valence-electron chi connectivity index (χ4n) is 7.66. The van der Waals surface area contributed by atoms with E-state index in [0.717, 1.165) is 32.9 Å². The fourth-order valence-corrected chi connectivity index (χ4v) is 8.82. The zero-order valence-corrected chi connectivity index (χ0v) is 24.7. The molecule has 0 bridgehead atoms. The number of rotatable bonds is 3. The minimum atomic E-state index is 0.199. The van der Waals surface area contributed by atoms with Crippen LogP contribution in [-0.4, -0.2) is 9.97 Å². The number of hydrogen-bond donors (Lipinski definition) is 0. The van der Waals surface area contributed by atoms with Crippen LogP contribution in [0.4, 0.5) is 0 Å². The average molecular weight is 571 g/mol. The van der Waals surface area contributed by atoms with Crippen LogP contribution in [0, 0.1) is 0 Å². The van der Waals surface area contributed by atoms with Gasteiger partial charge in [0.25, 0.3) is 0 Å². The molecule has 0 unspecified atom stereocenters. The molecule has 2 aliphatic carbocycles. The number of hydrogen-bond acceptors (Lipinski definition) is 3. The number of nitrogens with zero attached hydrogens (tertiary/aromatic N) is 2. The Labute approximate surface area is 255 Å². The van der Waals surface area contributed by atoms with Crippen LogP contribution in [0.2, 0.25) is 0 Å². The summed E-state index contributed by atoms with van der Waals surface area (Å²) >= 11 is 1.77. The molecular formula is C40H30N2S. The Balaban J connectivity index is 1.14. The standard InChI is InChI=1S/C40H30N2S/c1-3-11-27(12-4-1)36-38-37(31-14-6-8-16-35(31)43-38)42-39(41-36)28-19-17-26(18-20-28)29-21-22-34-32(25-29)30-13-5-7-15-33(30)40(34)23-9-2-10-24-40/h1,3-8,11-22,25H,2,9-10,23-24H2. The Morgan fingerprint density at radius 3 is 2.09 bits per heavy atom. The van der Waals surface area contributed by atoms with Gasteiger partial charge in [-0.25, -0.2) is 9.97 Å². The zero-order valence-electron chi connectivity index (χ0n) is 23.9. The molecule has 7 aromatic rings. The van der Waals surface area contributed by atoms with Crippen molar-refractivity contribution in [1.82, 2.24) is 9.97 Å². The number of aromatic nitrogens is 2. The molecule has 9 rings (SSSR count). The van der Waals surface area contributed by atoms with Crippen LogP contribution < -0.4 is 0 Å². The minimum absolute atomic E-state index is 0.199. The lowest BCUT2D eigenvalue weighted by atomic mass is 9.68. The van der Waals surface area contributed by atoms with E-state index in [4.69, 9.17) is 9.97 Å². The van der Waals surface area contributed by atoms with Crippen molar-refractivity contribution in [1.29, 1.82) is 0 Å². The first-order valence-electron chi connectivity index (χ1n) is 15.4. The predicted octanol–water partition coefficient (Wildman–Crippen LogP) is 11.1. The fraction of sp³-hybridized carbons (Fsp3) is 0.150. The maximum atomic E-state index is 5.16.